The molecule has 1 N–H and O–H groups in total. The number of aromatic nitrogens is 2. The molecule has 318 valence electrons. The van der Waals surface area contributed by atoms with Crippen molar-refractivity contribution >= 4 is 11.5 Å². The van der Waals surface area contributed by atoms with Crippen LogP contribution in [0.5, 0.6) is 0 Å². The zero-order chi connectivity index (χ0) is 44.5. The SMILES string of the molecule is C1=C(c2cc(-c3ccccc3)cc(-c3ccccc3)c2)NC(c2ccccc2)=NC1c1ccc(C2c3ccccc3-c3c(-c4ccccc4)c(-c4ccccc4)nn3C2c2ccccc2)cc1. The molecule has 3 unspecified atom stereocenters. The first-order chi connectivity index (χ1) is 33.2. The molecule has 9 aromatic carbocycles. The van der Waals surface area contributed by atoms with Crippen LogP contribution in [-0.4, -0.2) is 15.6 Å². The minimum absolute atomic E-state index is 0.0214. The molecule has 0 saturated carbocycles. The second-order valence-corrected chi connectivity index (χ2v) is 17.4. The molecule has 12 rings (SSSR count). The third-order valence-corrected chi connectivity index (χ3v) is 13.3. The first-order valence-electron chi connectivity index (χ1n) is 23.1. The molecular formula is C63H46N4. The van der Waals surface area contributed by atoms with Crippen molar-refractivity contribution in [3.63, 3.8) is 0 Å². The Kier molecular flexibility index (Phi) is 10.4. The molecule has 0 amide bonds. The summed E-state index contributed by atoms with van der Waals surface area (Å²) in [5.74, 6) is 0.825. The standard InChI is InChI=1S/C63H46N4/c1-7-21-43(22-8-1)51-39-52(44-23-9-2-10-24-44)41-53(40-51)57-42-56(64-63(65-57)50-31-17-6-18-32-50)45-35-37-47(38-36-45)58-54-33-19-20-34-55(54)62-59(46-25-11-3-12-26-46)60(48-27-13-4-14-28-48)66-67(62)61(58)49-29-15-5-16-30-49/h1-42,56,58,61H,(H,64,65). The summed E-state index contributed by atoms with van der Waals surface area (Å²) < 4.78 is 2.33. The molecule has 10 aromatic rings. The molecule has 0 fully saturated rings. The fraction of sp³-hybridized carbons (Fsp3) is 0.0476. The Balaban J connectivity index is 0.993. The van der Waals surface area contributed by atoms with Crippen LogP contribution in [0.3, 0.4) is 0 Å². The Bertz CT molecular complexity index is 3340. The number of hydrogen-bond donors (Lipinski definition) is 1. The van der Waals surface area contributed by atoms with Gasteiger partial charge in [-0.2, -0.15) is 5.10 Å². The first-order valence-corrected chi connectivity index (χ1v) is 23.1. The highest BCUT2D eigenvalue weighted by molar-refractivity contribution is 6.05. The molecule has 2 aliphatic heterocycles. The Morgan fingerprint density at radius 2 is 0.866 bits per heavy atom. The molecule has 4 heteroatoms. The predicted molar refractivity (Wildman–Crippen MR) is 276 cm³/mol. The van der Waals surface area contributed by atoms with Crippen molar-refractivity contribution in [3.05, 3.63) is 288 Å². The maximum absolute atomic E-state index is 5.63. The van der Waals surface area contributed by atoms with E-state index in [-0.39, 0.29) is 18.0 Å². The Morgan fingerprint density at radius 3 is 1.46 bits per heavy atom. The second kappa shape index (κ2) is 17.4. The van der Waals surface area contributed by atoms with Crippen LogP contribution >= 0.6 is 0 Å². The summed E-state index contributed by atoms with van der Waals surface area (Å²) in [5.41, 5.74) is 19.4. The van der Waals surface area contributed by atoms with E-state index in [1.807, 2.05) is 0 Å². The fourth-order valence-corrected chi connectivity index (χ4v) is 10.1. The number of nitrogens with zero attached hydrogens (tertiary/aromatic N) is 3. The summed E-state index contributed by atoms with van der Waals surface area (Å²) in [7, 11) is 0. The largest absolute Gasteiger partial charge is 0.340 e. The molecule has 0 bridgehead atoms. The molecule has 0 radical (unpaired) electrons. The second-order valence-electron chi connectivity index (χ2n) is 17.4. The van der Waals surface area contributed by atoms with Gasteiger partial charge in [0.2, 0.25) is 0 Å². The van der Waals surface area contributed by atoms with E-state index in [0.29, 0.717) is 0 Å². The van der Waals surface area contributed by atoms with Crippen LogP contribution in [-0.2, 0) is 0 Å². The van der Waals surface area contributed by atoms with Crippen molar-refractivity contribution in [1.29, 1.82) is 0 Å². The summed E-state index contributed by atoms with van der Waals surface area (Å²) >= 11 is 0. The summed E-state index contributed by atoms with van der Waals surface area (Å²) in [5, 5.41) is 9.41. The van der Waals surface area contributed by atoms with Crippen molar-refractivity contribution in [1.82, 2.24) is 15.1 Å². The molecule has 2 aliphatic rings. The van der Waals surface area contributed by atoms with Gasteiger partial charge in [0, 0.05) is 33.9 Å². The predicted octanol–water partition coefficient (Wildman–Crippen LogP) is 15.1. The summed E-state index contributed by atoms with van der Waals surface area (Å²) in [6, 6.07) is 88.8. The average molecular weight is 859 g/mol. The maximum Gasteiger partial charge on any atom is 0.133 e. The molecule has 0 spiro atoms. The van der Waals surface area contributed by atoms with Crippen LogP contribution in [0, 0.1) is 0 Å². The van der Waals surface area contributed by atoms with Gasteiger partial charge in [-0.05, 0) is 79.9 Å². The lowest BCUT2D eigenvalue weighted by Crippen LogP contribution is -2.28. The van der Waals surface area contributed by atoms with E-state index < -0.39 is 0 Å². The molecule has 67 heavy (non-hydrogen) atoms. The molecule has 1 aromatic heterocycles. The van der Waals surface area contributed by atoms with Gasteiger partial charge in [-0.25, -0.2) is 0 Å². The van der Waals surface area contributed by atoms with Crippen molar-refractivity contribution in [2.24, 2.45) is 4.99 Å². The lowest BCUT2D eigenvalue weighted by molar-refractivity contribution is 0.468. The van der Waals surface area contributed by atoms with Gasteiger partial charge in [0.15, 0.2) is 0 Å². The van der Waals surface area contributed by atoms with Crippen LogP contribution in [0.2, 0.25) is 0 Å². The van der Waals surface area contributed by atoms with Crippen molar-refractivity contribution in [2.45, 2.75) is 18.0 Å². The van der Waals surface area contributed by atoms with Gasteiger partial charge in [-0.1, -0.05) is 231 Å². The number of rotatable bonds is 9. The van der Waals surface area contributed by atoms with Crippen LogP contribution in [0.15, 0.2) is 260 Å². The highest BCUT2D eigenvalue weighted by Gasteiger charge is 2.39. The Morgan fingerprint density at radius 1 is 0.388 bits per heavy atom. The van der Waals surface area contributed by atoms with E-state index in [0.717, 1.165) is 67.4 Å². The van der Waals surface area contributed by atoms with Gasteiger partial charge < -0.3 is 5.32 Å². The van der Waals surface area contributed by atoms with E-state index >= 15 is 0 Å². The van der Waals surface area contributed by atoms with Gasteiger partial charge >= 0.3 is 0 Å². The molecule has 0 aliphatic carbocycles. The van der Waals surface area contributed by atoms with Crippen LogP contribution < -0.4 is 5.32 Å². The first kappa shape index (κ1) is 40.0. The number of aliphatic imine (C=N–C) groups is 1. The summed E-state index contributed by atoms with van der Waals surface area (Å²) in [6.45, 7) is 0. The molecule has 3 heterocycles. The van der Waals surface area contributed by atoms with Gasteiger partial charge in [-0.3, -0.25) is 9.67 Å². The Labute approximate surface area is 391 Å². The Hall–Kier alpha value is -8.60. The number of amidine groups is 1. The van der Waals surface area contributed by atoms with Gasteiger partial charge in [-0.15, -0.1) is 0 Å². The highest BCUT2D eigenvalue weighted by Crippen LogP contribution is 2.53. The van der Waals surface area contributed by atoms with Gasteiger partial charge in [0.05, 0.1) is 17.8 Å². The smallest absolute Gasteiger partial charge is 0.133 e. The number of nitrogens with one attached hydrogen (secondary N) is 1. The minimum atomic E-state index is -0.232. The van der Waals surface area contributed by atoms with Crippen LogP contribution in [0.4, 0.5) is 0 Å². The lowest BCUT2D eigenvalue weighted by Gasteiger charge is -2.36. The third kappa shape index (κ3) is 7.59. The number of fused-ring (bicyclic) bond motifs is 3. The third-order valence-electron chi connectivity index (χ3n) is 13.3. The maximum atomic E-state index is 5.63. The molecule has 3 atom stereocenters. The number of hydrogen-bond acceptors (Lipinski definition) is 3. The van der Waals surface area contributed by atoms with Gasteiger partial charge in [0.25, 0.3) is 0 Å². The monoisotopic (exact) mass is 858 g/mol. The van der Waals surface area contributed by atoms with Gasteiger partial charge in [0.1, 0.15) is 11.5 Å². The van der Waals surface area contributed by atoms with E-state index in [1.165, 1.54) is 33.4 Å². The quantitative estimate of drug-likeness (QED) is 0.157. The van der Waals surface area contributed by atoms with E-state index in [2.05, 4.69) is 265 Å². The fourth-order valence-electron chi connectivity index (χ4n) is 10.1. The van der Waals surface area contributed by atoms with Crippen LogP contribution in [0.25, 0.3) is 61.6 Å². The highest BCUT2D eigenvalue weighted by atomic mass is 15.3. The zero-order valence-electron chi connectivity index (χ0n) is 36.8. The lowest BCUT2D eigenvalue weighted by atomic mass is 9.76. The van der Waals surface area contributed by atoms with Crippen LogP contribution in [0.1, 0.15) is 51.4 Å². The summed E-state index contributed by atoms with van der Waals surface area (Å²) in [4.78, 5) is 5.41. The van der Waals surface area contributed by atoms with E-state index in [9.17, 15) is 0 Å². The van der Waals surface area contributed by atoms with E-state index in [1.54, 1.807) is 0 Å². The van der Waals surface area contributed by atoms with E-state index in [4.69, 9.17) is 10.1 Å². The minimum Gasteiger partial charge on any atom is -0.340 e. The average Bonchev–Trinajstić information content (AvgIpc) is 3.83. The summed E-state index contributed by atoms with van der Waals surface area (Å²) in [6.07, 6.45) is 2.29. The topological polar surface area (TPSA) is 42.2 Å². The van der Waals surface area contributed by atoms with Crippen molar-refractivity contribution in [3.8, 4) is 55.9 Å². The normalized spacial score (nSPS) is 16.2. The van der Waals surface area contributed by atoms with Crippen molar-refractivity contribution < 1.29 is 0 Å². The number of benzene rings is 9. The van der Waals surface area contributed by atoms with Crippen molar-refractivity contribution in [2.75, 3.05) is 0 Å². The molecule has 4 nitrogen and oxygen atoms in total. The molecular weight excluding hydrogens is 813 g/mol. The zero-order valence-corrected chi connectivity index (χ0v) is 36.8. The molecule has 0 saturated heterocycles.